The first kappa shape index (κ1) is 10.3. The Hall–Kier alpha value is -0.900. The first-order valence-corrected chi connectivity index (χ1v) is 6.10. The Kier molecular flexibility index (Phi) is 1.97. The topological polar surface area (TPSA) is 51.0 Å². The molecular weight excluding hydrogens is 202 g/mol. The van der Waals surface area contributed by atoms with Crippen molar-refractivity contribution < 1.29 is 4.52 Å². The minimum Gasteiger partial charge on any atom is -0.337 e. The maximum absolute atomic E-state index is 5.42. The molecule has 1 aliphatic carbocycles. The molecule has 88 valence electrons. The molecule has 2 atom stereocenters. The Balaban J connectivity index is 1.83. The number of rotatable bonds is 2. The number of aromatic nitrogens is 2. The van der Waals surface area contributed by atoms with Crippen LogP contribution in [0.4, 0.5) is 0 Å². The minimum atomic E-state index is -0.0930. The smallest absolute Gasteiger partial charge is 0.246 e. The van der Waals surface area contributed by atoms with Gasteiger partial charge < -0.3 is 9.84 Å². The van der Waals surface area contributed by atoms with Gasteiger partial charge in [0.2, 0.25) is 5.89 Å². The van der Waals surface area contributed by atoms with Gasteiger partial charge in [0.15, 0.2) is 5.82 Å². The maximum atomic E-state index is 5.42. The molecule has 4 nitrogen and oxygen atoms in total. The lowest BCUT2D eigenvalue weighted by molar-refractivity contribution is 0.274. The van der Waals surface area contributed by atoms with Gasteiger partial charge in [0.25, 0.3) is 0 Å². The molecule has 2 unspecified atom stereocenters. The summed E-state index contributed by atoms with van der Waals surface area (Å²) in [4.78, 5) is 4.58. The van der Waals surface area contributed by atoms with Crippen LogP contribution in [0.2, 0.25) is 0 Å². The first-order chi connectivity index (χ1) is 7.51. The van der Waals surface area contributed by atoms with Crippen LogP contribution in [0, 0.1) is 5.41 Å². The van der Waals surface area contributed by atoms with Crippen LogP contribution in [0.3, 0.4) is 0 Å². The number of hydrogen-bond acceptors (Lipinski definition) is 4. The van der Waals surface area contributed by atoms with Gasteiger partial charge in [-0.2, -0.15) is 4.98 Å². The SMILES string of the molecule is CC1(c2nc(C3CC3(C)C)no2)CCCN1. The zero-order valence-corrected chi connectivity index (χ0v) is 10.2. The lowest BCUT2D eigenvalue weighted by Gasteiger charge is -2.18. The van der Waals surface area contributed by atoms with E-state index in [4.69, 9.17) is 4.52 Å². The van der Waals surface area contributed by atoms with Crippen LogP contribution < -0.4 is 5.32 Å². The molecular formula is C12H19N3O. The van der Waals surface area contributed by atoms with Gasteiger partial charge in [0.05, 0.1) is 5.54 Å². The molecule has 16 heavy (non-hydrogen) atoms. The number of nitrogens with zero attached hydrogens (tertiary/aromatic N) is 2. The Morgan fingerprint density at radius 1 is 1.38 bits per heavy atom. The molecule has 0 radical (unpaired) electrons. The van der Waals surface area contributed by atoms with Gasteiger partial charge in [-0.1, -0.05) is 19.0 Å². The molecule has 4 heteroatoms. The van der Waals surface area contributed by atoms with Gasteiger partial charge >= 0.3 is 0 Å². The van der Waals surface area contributed by atoms with Crippen LogP contribution in [-0.2, 0) is 5.54 Å². The summed E-state index contributed by atoms with van der Waals surface area (Å²) in [7, 11) is 0. The summed E-state index contributed by atoms with van der Waals surface area (Å²) >= 11 is 0. The van der Waals surface area contributed by atoms with E-state index in [0.29, 0.717) is 11.3 Å². The molecule has 1 aliphatic heterocycles. The lowest BCUT2D eigenvalue weighted by atomic mass is 10.0. The highest BCUT2D eigenvalue weighted by Gasteiger charge is 2.50. The van der Waals surface area contributed by atoms with Gasteiger partial charge in [0.1, 0.15) is 0 Å². The average Bonchev–Trinajstić information content (AvgIpc) is 2.68. The lowest BCUT2D eigenvalue weighted by Crippen LogP contribution is -2.33. The van der Waals surface area contributed by atoms with Crippen molar-refractivity contribution in [3.8, 4) is 0 Å². The van der Waals surface area contributed by atoms with Gasteiger partial charge in [-0.15, -0.1) is 0 Å². The maximum Gasteiger partial charge on any atom is 0.246 e. The summed E-state index contributed by atoms with van der Waals surface area (Å²) < 4.78 is 5.42. The van der Waals surface area contributed by atoms with Crippen molar-refractivity contribution in [2.45, 2.75) is 51.5 Å². The van der Waals surface area contributed by atoms with E-state index in [0.717, 1.165) is 24.7 Å². The molecule has 0 amide bonds. The zero-order chi connectivity index (χ0) is 11.4. The highest BCUT2D eigenvalue weighted by molar-refractivity contribution is 5.16. The van der Waals surface area contributed by atoms with Crippen LogP contribution >= 0.6 is 0 Å². The molecule has 2 aliphatic rings. The molecule has 0 aromatic carbocycles. The monoisotopic (exact) mass is 221 g/mol. The van der Waals surface area contributed by atoms with E-state index in [1.165, 1.54) is 12.8 Å². The molecule has 1 aromatic heterocycles. The third-order valence-corrected chi connectivity index (χ3v) is 4.11. The highest BCUT2D eigenvalue weighted by Crippen LogP contribution is 2.57. The zero-order valence-electron chi connectivity index (χ0n) is 10.2. The van der Waals surface area contributed by atoms with Gasteiger partial charge in [-0.05, 0) is 38.1 Å². The molecule has 1 saturated heterocycles. The van der Waals surface area contributed by atoms with Crippen molar-refractivity contribution in [1.82, 2.24) is 15.5 Å². The molecule has 2 heterocycles. The second-order valence-electron chi connectivity index (χ2n) is 6.07. The first-order valence-electron chi connectivity index (χ1n) is 6.10. The van der Waals surface area contributed by atoms with Gasteiger partial charge in [-0.25, -0.2) is 0 Å². The Morgan fingerprint density at radius 3 is 2.69 bits per heavy atom. The Morgan fingerprint density at radius 2 is 2.12 bits per heavy atom. The fraction of sp³-hybridized carbons (Fsp3) is 0.833. The second kappa shape index (κ2) is 3.06. The third kappa shape index (κ3) is 1.47. The van der Waals surface area contributed by atoms with Crippen LogP contribution in [0.25, 0.3) is 0 Å². The number of hydrogen-bond donors (Lipinski definition) is 1. The van der Waals surface area contributed by atoms with Crippen molar-refractivity contribution in [3.05, 3.63) is 11.7 Å². The van der Waals surface area contributed by atoms with Crippen LogP contribution in [0.15, 0.2) is 4.52 Å². The summed E-state index contributed by atoms with van der Waals surface area (Å²) in [6.45, 7) is 7.70. The van der Waals surface area contributed by atoms with Crippen LogP contribution in [-0.4, -0.2) is 16.7 Å². The third-order valence-electron chi connectivity index (χ3n) is 4.11. The average molecular weight is 221 g/mol. The molecule has 0 spiro atoms. The fourth-order valence-electron chi connectivity index (χ4n) is 2.59. The van der Waals surface area contributed by atoms with Gasteiger partial charge in [0, 0.05) is 5.92 Å². The van der Waals surface area contributed by atoms with Gasteiger partial charge in [-0.3, -0.25) is 0 Å². The van der Waals surface area contributed by atoms with E-state index in [2.05, 4.69) is 36.2 Å². The predicted octanol–water partition coefficient (Wildman–Crippen LogP) is 2.18. The standard InChI is InChI=1S/C12H19N3O/c1-11(2)7-8(11)9-14-10(16-15-9)12(3)5-4-6-13-12/h8,13H,4-7H2,1-3H3. The summed E-state index contributed by atoms with van der Waals surface area (Å²) in [6.07, 6.45) is 3.45. The molecule has 1 N–H and O–H groups in total. The van der Waals surface area contributed by atoms with Crippen molar-refractivity contribution in [2.75, 3.05) is 6.54 Å². The normalized spacial score (nSPS) is 36.6. The van der Waals surface area contributed by atoms with E-state index >= 15 is 0 Å². The fourth-order valence-corrected chi connectivity index (χ4v) is 2.59. The van der Waals surface area contributed by atoms with E-state index in [1.54, 1.807) is 0 Å². The van der Waals surface area contributed by atoms with Crippen LogP contribution in [0.5, 0.6) is 0 Å². The largest absolute Gasteiger partial charge is 0.337 e. The summed E-state index contributed by atoms with van der Waals surface area (Å²) in [5.74, 6) is 2.16. The summed E-state index contributed by atoms with van der Waals surface area (Å²) in [5.41, 5.74) is 0.273. The summed E-state index contributed by atoms with van der Waals surface area (Å²) in [6, 6.07) is 0. The molecule has 1 aromatic rings. The van der Waals surface area contributed by atoms with Crippen molar-refractivity contribution in [3.63, 3.8) is 0 Å². The van der Waals surface area contributed by atoms with Crippen molar-refractivity contribution in [1.29, 1.82) is 0 Å². The quantitative estimate of drug-likeness (QED) is 0.831. The van der Waals surface area contributed by atoms with E-state index in [9.17, 15) is 0 Å². The number of nitrogens with one attached hydrogen (secondary N) is 1. The second-order valence-corrected chi connectivity index (χ2v) is 6.07. The molecule has 0 bridgehead atoms. The Labute approximate surface area is 95.8 Å². The van der Waals surface area contributed by atoms with E-state index in [1.807, 2.05) is 0 Å². The molecule has 2 fully saturated rings. The van der Waals surface area contributed by atoms with E-state index < -0.39 is 0 Å². The van der Waals surface area contributed by atoms with Crippen molar-refractivity contribution >= 4 is 0 Å². The van der Waals surface area contributed by atoms with Crippen LogP contribution in [0.1, 0.15) is 57.7 Å². The summed E-state index contributed by atoms with van der Waals surface area (Å²) in [5, 5.41) is 7.58. The molecule has 3 rings (SSSR count). The highest BCUT2D eigenvalue weighted by atomic mass is 16.5. The predicted molar refractivity (Wildman–Crippen MR) is 60.0 cm³/mol. The molecule has 1 saturated carbocycles. The minimum absolute atomic E-state index is 0.0930. The Bertz CT molecular complexity index is 404. The van der Waals surface area contributed by atoms with E-state index in [-0.39, 0.29) is 5.54 Å². The van der Waals surface area contributed by atoms with Crippen molar-refractivity contribution in [2.24, 2.45) is 5.41 Å².